The smallest absolute Gasteiger partial charge is 0.125 e. The van der Waals surface area contributed by atoms with E-state index in [1.165, 1.54) is 57.8 Å². The van der Waals surface area contributed by atoms with E-state index in [0.717, 1.165) is 36.8 Å². The number of phenols is 2. The molecule has 2 nitrogen and oxygen atoms in total. The fourth-order valence-corrected chi connectivity index (χ4v) is 3.95. The molecule has 0 amide bonds. The number of hydrogen-bond acceptors (Lipinski definition) is 2. The minimum absolute atomic E-state index is 0.264. The third-order valence-electron chi connectivity index (χ3n) is 6.73. The SMILES string of the molecule is CC1(CCCCCc2ccc(O)c(CCCCC3(C)CC3)c2O)CC1. The maximum Gasteiger partial charge on any atom is 0.125 e. The van der Waals surface area contributed by atoms with Crippen LogP contribution in [0.25, 0.3) is 0 Å². The van der Waals surface area contributed by atoms with Crippen molar-refractivity contribution in [2.45, 2.75) is 97.3 Å². The fraction of sp³-hybridized carbons (Fsp3) is 0.739. The first-order valence-electron chi connectivity index (χ1n) is 10.4. The van der Waals surface area contributed by atoms with Gasteiger partial charge in [-0.2, -0.15) is 0 Å². The number of phenolic OH excluding ortho intramolecular Hbond substituents is 2. The molecule has 2 N–H and O–H groups in total. The average molecular weight is 345 g/mol. The molecule has 0 radical (unpaired) electrons. The van der Waals surface area contributed by atoms with Crippen LogP contribution < -0.4 is 0 Å². The minimum Gasteiger partial charge on any atom is -0.508 e. The number of unbranched alkanes of at least 4 members (excludes halogenated alkanes) is 3. The third-order valence-corrected chi connectivity index (χ3v) is 6.73. The Morgan fingerprint density at radius 1 is 0.760 bits per heavy atom. The lowest BCUT2D eigenvalue weighted by molar-refractivity contribution is 0.426. The summed E-state index contributed by atoms with van der Waals surface area (Å²) in [6.07, 6.45) is 15.9. The van der Waals surface area contributed by atoms with Crippen LogP contribution in [0, 0.1) is 10.8 Å². The maximum atomic E-state index is 10.6. The van der Waals surface area contributed by atoms with Gasteiger partial charge in [-0.15, -0.1) is 0 Å². The molecule has 0 unspecified atom stereocenters. The summed E-state index contributed by atoms with van der Waals surface area (Å²) in [6.45, 7) is 4.76. The summed E-state index contributed by atoms with van der Waals surface area (Å²) in [5, 5.41) is 20.7. The highest BCUT2D eigenvalue weighted by atomic mass is 16.3. The number of hydrogen-bond donors (Lipinski definition) is 2. The van der Waals surface area contributed by atoms with Crippen molar-refractivity contribution in [3.05, 3.63) is 23.3 Å². The van der Waals surface area contributed by atoms with Gasteiger partial charge in [-0.3, -0.25) is 0 Å². The van der Waals surface area contributed by atoms with Crippen molar-refractivity contribution in [1.29, 1.82) is 0 Å². The van der Waals surface area contributed by atoms with Crippen molar-refractivity contribution in [3.63, 3.8) is 0 Å². The molecule has 25 heavy (non-hydrogen) atoms. The normalized spacial score (nSPS) is 19.8. The van der Waals surface area contributed by atoms with Gasteiger partial charge < -0.3 is 10.2 Å². The molecule has 2 saturated carbocycles. The van der Waals surface area contributed by atoms with Gasteiger partial charge in [-0.25, -0.2) is 0 Å². The van der Waals surface area contributed by atoms with Crippen molar-refractivity contribution in [2.75, 3.05) is 0 Å². The van der Waals surface area contributed by atoms with Gasteiger partial charge in [0, 0.05) is 5.56 Å². The molecule has 2 aliphatic carbocycles. The summed E-state index contributed by atoms with van der Waals surface area (Å²) in [7, 11) is 0. The predicted octanol–water partition coefficient (Wildman–Crippen LogP) is 6.51. The molecule has 2 heteroatoms. The van der Waals surface area contributed by atoms with Gasteiger partial charge in [0.25, 0.3) is 0 Å². The van der Waals surface area contributed by atoms with Gasteiger partial charge >= 0.3 is 0 Å². The second-order valence-electron chi connectivity index (χ2n) is 9.46. The molecule has 1 aromatic rings. The first-order valence-corrected chi connectivity index (χ1v) is 10.4. The van der Waals surface area contributed by atoms with Crippen LogP contribution in [0.2, 0.25) is 0 Å². The van der Waals surface area contributed by atoms with Crippen LogP contribution in [-0.2, 0) is 12.8 Å². The van der Waals surface area contributed by atoms with Crippen molar-refractivity contribution < 1.29 is 10.2 Å². The molecule has 2 aliphatic rings. The van der Waals surface area contributed by atoms with Gasteiger partial charge in [0.05, 0.1) is 0 Å². The summed E-state index contributed by atoms with van der Waals surface area (Å²) in [5.74, 6) is 0.618. The molecule has 140 valence electrons. The lowest BCUT2D eigenvalue weighted by Crippen LogP contribution is -1.97. The average Bonchev–Trinajstić information content (AvgIpc) is 3.48. The number of aryl methyl sites for hydroxylation is 1. The molecule has 1 aromatic carbocycles. The van der Waals surface area contributed by atoms with Crippen molar-refractivity contribution in [2.24, 2.45) is 10.8 Å². The highest BCUT2D eigenvalue weighted by Gasteiger charge is 2.36. The number of benzene rings is 1. The molecule has 0 atom stereocenters. The van der Waals surface area contributed by atoms with Crippen molar-refractivity contribution in [1.82, 2.24) is 0 Å². The van der Waals surface area contributed by atoms with E-state index in [0.29, 0.717) is 16.6 Å². The topological polar surface area (TPSA) is 40.5 Å². The van der Waals surface area contributed by atoms with Gasteiger partial charge in [0.2, 0.25) is 0 Å². The van der Waals surface area contributed by atoms with E-state index >= 15 is 0 Å². The lowest BCUT2D eigenvalue weighted by Gasteiger charge is -2.13. The fourth-order valence-electron chi connectivity index (χ4n) is 3.95. The summed E-state index contributed by atoms with van der Waals surface area (Å²) in [5.41, 5.74) is 3.04. The molecule has 0 saturated heterocycles. The lowest BCUT2D eigenvalue weighted by atomic mass is 9.95. The summed E-state index contributed by atoms with van der Waals surface area (Å²) in [4.78, 5) is 0. The molecular weight excluding hydrogens is 308 g/mol. The zero-order valence-electron chi connectivity index (χ0n) is 16.2. The summed E-state index contributed by atoms with van der Waals surface area (Å²) < 4.78 is 0. The Balaban J connectivity index is 1.43. The zero-order chi connectivity index (χ0) is 17.9. The van der Waals surface area contributed by atoms with E-state index in [2.05, 4.69) is 13.8 Å². The van der Waals surface area contributed by atoms with Crippen molar-refractivity contribution in [3.8, 4) is 11.5 Å². The quantitative estimate of drug-likeness (QED) is 0.449. The van der Waals surface area contributed by atoms with E-state index in [-0.39, 0.29) is 5.75 Å². The molecule has 0 bridgehead atoms. The van der Waals surface area contributed by atoms with Crippen LogP contribution in [0.5, 0.6) is 11.5 Å². The monoisotopic (exact) mass is 344 g/mol. The van der Waals surface area contributed by atoms with E-state index in [1.54, 1.807) is 6.07 Å². The molecule has 0 aliphatic heterocycles. The first-order chi connectivity index (χ1) is 11.9. The Kier molecular flexibility index (Phi) is 5.65. The van der Waals surface area contributed by atoms with Crippen LogP contribution >= 0.6 is 0 Å². The van der Waals surface area contributed by atoms with Crippen LogP contribution in [0.15, 0.2) is 12.1 Å². The van der Waals surface area contributed by atoms with Crippen molar-refractivity contribution >= 4 is 0 Å². The van der Waals surface area contributed by atoms with Gasteiger partial charge in [0.15, 0.2) is 0 Å². The summed E-state index contributed by atoms with van der Waals surface area (Å²) in [6, 6.07) is 3.68. The molecule has 3 rings (SSSR count). The second-order valence-corrected chi connectivity index (χ2v) is 9.46. The standard InChI is InChI=1S/C23H36O2/c1-22(14-15-22)12-6-3-4-8-18-10-11-20(24)19(21(18)25)9-5-7-13-23(2)16-17-23/h10-11,24-25H,3-9,12-17H2,1-2H3. The Morgan fingerprint density at radius 3 is 1.92 bits per heavy atom. The molecule has 0 aromatic heterocycles. The van der Waals surface area contributed by atoms with E-state index in [1.807, 2.05) is 6.07 Å². The maximum absolute atomic E-state index is 10.6. The van der Waals surface area contributed by atoms with Gasteiger partial charge in [0.1, 0.15) is 11.5 Å². The Labute approximate surface area is 153 Å². The molecule has 0 heterocycles. The van der Waals surface area contributed by atoms with E-state index < -0.39 is 0 Å². The van der Waals surface area contributed by atoms with Crippen LogP contribution in [0.3, 0.4) is 0 Å². The number of aromatic hydroxyl groups is 2. The van der Waals surface area contributed by atoms with Gasteiger partial charge in [-0.1, -0.05) is 39.2 Å². The van der Waals surface area contributed by atoms with E-state index in [9.17, 15) is 10.2 Å². The highest BCUT2D eigenvalue weighted by Crippen LogP contribution is 2.50. The zero-order valence-corrected chi connectivity index (χ0v) is 16.2. The van der Waals surface area contributed by atoms with E-state index in [4.69, 9.17) is 0 Å². The van der Waals surface area contributed by atoms with Crippen LogP contribution in [0.4, 0.5) is 0 Å². The summed E-state index contributed by atoms with van der Waals surface area (Å²) >= 11 is 0. The predicted molar refractivity (Wildman–Crippen MR) is 104 cm³/mol. The van der Waals surface area contributed by atoms with Crippen LogP contribution in [-0.4, -0.2) is 10.2 Å². The Bertz CT molecular complexity index is 582. The molecule has 0 spiro atoms. The van der Waals surface area contributed by atoms with Gasteiger partial charge in [-0.05, 0) is 86.7 Å². The largest absolute Gasteiger partial charge is 0.508 e. The van der Waals surface area contributed by atoms with Crippen LogP contribution in [0.1, 0.15) is 95.6 Å². The molecule has 2 fully saturated rings. The Morgan fingerprint density at radius 2 is 1.32 bits per heavy atom. The highest BCUT2D eigenvalue weighted by molar-refractivity contribution is 5.48. The molecular formula is C23H36O2. The minimum atomic E-state index is 0.264. The second kappa shape index (κ2) is 7.60. The number of rotatable bonds is 11. The first kappa shape index (κ1) is 18.6. The third kappa shape index (κ3) is 5.39. The Hall–Kier alpha value is -1.18.